The maximum Gasteiger partial charge on any atom is 0.249 e. The van der Waals surface area contributed by atoms with Gasteiger partial charge in [-0.2, -0.15) is 0 Å². The minimum absolute atomic E-state index is 0.120. The van der Waals surface area contributed by atoms with Gasteiger partial charge in [0.1, 0.15) is 11.7 Å². The van der Waals surface area contributed by atoms with Gasteiger partial charge in [0.25, 0.3) is 0 Å². The van der Waals surface area contributed by atoms with Crippen LogP contribution in [0.15, 0.2) is 0 Å². The highest BCUT2D eigenvalue weighted by molar-refractivity contribution is 5.81. The summed E-state index contributed by atoms with van der Waals surface area (Å²) in [6, 6.07) is 0. The largest absolute Gasteiger partial charge is 0.385 e. The molecule has 2 saturated heterocycles. The van der Waals surface area contributed by atoms with Crippen LogP contribution < -0.4 is 5.32 Å². The van der Waals surface area contributed by atoms with Gasteiger partial charge < -0.3 is 19.9 Å². The Kier molecular flexibility index (Phi) is 3.47. The van der Waals surface area contributed by atoms with E-state index in [1.807, 2.05) is 6.92 Å². The maximum atomic E-state index is 11.7. The second kappa shape index (κ2) is 4.69. The van der Waals surface area contributed by atoms with Crippen molar-refractivity contribution in [2.24, 2.45) is 0 Å². The van der Waals surface area contributed by atoms with Crippen molar-refractivity contribution in [3.8, 4) is 0 Å². The lowest BCUT2D eigenvalue weighted by atomic mass is 9.96. The zero-order chi connectivity index (χ0) is 11.6. The molecule has 2 aliphatic rings. The standard InChI is InChI=1S/C11H19NO4/c1-8-11(14,4-6-15-8)7-12-10(13)9-3-2-5-16-9/h8-9,14H,2-7H2,1H3,(H,12,13)/t8?,9-,11?/m1/s1. The Morgan fingerprint density at radius 1 is 1.50 bits per heavy atom. The molecule has 5 heteroatoms. The predicted molar refractivity (Wildman–Crippen MR) is 57.0 cm³/mol. The molecular formula is C11H19NO4. The number of hydrogen-bond acceptors (Lipinski definition) is 4. The summed E-state index contributed by atoms with van der Waals surface area (Å²) < 4.78 is 10.6. The molecule has 2 N–H and O–H groups in total. The molecule has 0 aromatic rings. The van der Waals surface area contributed by atoms with Gasteiger partial charge in [-0.15, -0.1) is 0 Å². The minimum Gasteiger partial charge on any atom is -0.385 e. The van der Waals surface area contributed by atoms with Crippen LogP contribution in [0.5, 0.6) is 0 Å². The molecule has 0 spiro atoms. The number of carbonyl (C=O) groups is 1. The second-order valence-electron chi connectivity index (χ2n) is 4.59. The number of aliphatic hydroxyl groups is 1. The lowest BCUT2D eigenvalue weighted by Crippen LogP contribution is -2.49. The van der Waals surface area contributed by atoms with E-state index in [4.69, 9.17) is 9.47 Å². The van der Waals surface area contributed by atoms with Crippen LogP contribution in [-0.2, 0) is 14.3 Å². The Morgan fingerprint density at radius 3 is 2.88 bits per heavy atom. The van der Waals surface area contributed by atoms with E-state index >= 15 is 0 Å². The van der Waals surface area contributed by atoms with Crippen molar-refractivity contribution in [2.75, 3.05) is 19.8 Å². The lowest BCUT2D eigenvalue weighted by molar-refractivity contribution is -0.131. The maximum absolute atomic E-state index is 11.7. The molecular weight excluding hydrogens is 210 g/mol. The summed E-state index contributed by atoms with van der Waals surface area (Å²) in [5.41, 5.74) is -0.922. The Balaban J connectivity index is 1.80. The number of ether oxygens (including phenoxy) is 2. The third-order valence-electron chi connectivity index (χ3n) is 3.45. The van der Waals surface area contributed by atoms with E-state index in [1.54, 1.807) is 0 Å². The summed E-state index contributed by atoms with van der Waals surface area (Å²) >= 11 is 0. The van der Waals surface area contributed by atoms with Crippen LogP contribution >= 0.6 is 0 Å². The summed E-state index contributed by atoms with van der Waals surface area (Å²) in [4.78, 5) is 11.7. The van der Waals surface area contributed by atoms with Crippen molar-refractivity contribution >= 4 is 5.91 Å². The zero-order valence-electron chi connectivity index (χ0n) is 9.57. The summed E-state index contributed by atoms with van der Waals surface area (Å²) in [6.07, 6.45) is 1.72. The van der Waals surface area contributed by atoms with Crippen LogP contribution in [0.4, 0.5) is 0 Å². The fraction of sp³-hybridized carbons (Fsp3) is 0.909. The van der Waals surface area contributed by atoms with Gasteiger partial charge in [-0.3, -0.25) is 4.79 Å². The van der Waals surface area contributed by atoms with Gasteiger partial charge in [-0.25, -0.2) is 0 Å². The van der Waals surface area contributed by atoms with Crippen LogP contribution in [0.25, 0.3) is 0 Å². The molecule has 3 atom stereocenters. The number of nitrogens with one attached hydrogen (secondary N) is 1. The van der Waals surface area contributed by atoms with Gasteiger partial charge in [0, 0.05) is 26.2 Å². The SMILES string of the molecule is CC1OCCC1(O)CNC(=O)[C@H]1CCCO1. The predicted octanol–water partition coefficient (Wildman–Crippen LogP) is -0.179. The minimum atomic E-state index is -0.922. The monoisotopic (exact) mass is 229 g/mol. The fourth-order valence-electron chi connectivity index (χ4n) is 2.14. The van der Waals surface area contributed by atoms with Crippen molar-refractivity contribution < 1.29 is 19.4 Å². The van der Waals surface area contributed by atoms with E-state index in [0.717, 1.165) is 12.8 Å². The molecule has 1 amide bonds. The molecule has 0 aromatic carbocycles. The molecule has 2 fully saturated rings. The van der Waals surface area contributed by atoms with Crippen molar-refractivity contribution in [1.29, 1.82) is 0 Å². The molecule has 2 heterocycles. The van der Waals surface area contributed by atoms with Gasteiger partial charge in [-0.1, -0.05) is 0 Å². The highest BCUT2D eigenvalue weighted by Crippen LogP contribution is 2.24. The first kappa shape index (κ1) is 11.8. The van der Waals surface area contributed by atoms with Crippen molar-refractivity contribution in [2.45, 2.75) is 44.0 Å². The van der Waals surface area contributed by atoms with Crippen LogP contribution in [0.2, 0.25) is 0 Å². The number of carbonyl (C=O) groups excluding carboxylic acids is 1. The average molecular weight is 229 g/mol. The van der Waals surface area contributed by atoms with E-state index in [-0.39, 0.29) is 24.7 Å². The molecule has 0 bridgehead atoms. The molecule has 5 nitrogen and oxygen atoms in total. The third kappa shape index (κ3) is 2.36. The van der Waals surface area contributed by atoms with E-state index in [1.165, 1.54) is 0 Å². The van der Waals surface area contributed by atoms with E-state index in [2.05, 4.69) is 5.32 Å². The van der Waals surface area contributed by atoms with E-state index < -0.39 is 5.60 Å². The first-order valence-electron chi connectivity index (χ1n) is 5.85. The quantitative estimate of drug-likeness (QED) is 0.704. The molecule has 0 saturated carbocycles. The van der Waals surface area contributed by atoms with Gasteiger partial charge in [-0.05, 0) is 19.8 Å². The van der Waals surface area contributed by atoms with Crippen LogP contribution in [0, 0.1) is 0 Å². The Labute approximate surface area is 95.1 Å². The molecule has 0 radical (unpaired) electrons. The van der Waals surface area contributed by atoms with E-state index in [9.17, 15) is 9.90 Å². The first-order chi connectivity index (χ1) is 7.62. The summed E-state index contributed by atoms with van der Waals surface area (Å²) in [7, 11) is 0. The highest BCUT2D eigenvalue weighted by atomic mass is 16.5. The van der Waals surface area contributed by atoms with Gasteiger partial charge in [0.2, 0.25) is 5.91 Å². The highest BCUT2D eigenvalue weighted by Gasteiger charge is 2.40. The van der Waals surface area contributed by atoms with Gasteiger partial charge >= 0.3 is 0 Å². The topological polar surface area (TPSA) is 67.8 Å². The number of amides is 1. The molecule has 2 unspecified atom stereocenters. The zero-order valence-corrected chi connectivity index (χ0v) is 9.57. The van der Waals surface area contributed by atoms with Gasteiger partial charge in [0.05, 0.1) is 6.10 Å². The molecule has 2 aliphatic heterocycles. The molecule has 2 rings (SSSR count). The lowest BCUT2D eigenvalue weighted by Gasteiger charge is -2.26. The molecule has 0 aromatic heterocycles. The number of hydrogen-bond donors (Lipinski definition) is 2. The van der Waals surface area contributed by atoms with Gasteiger partial charge in [0.15, 0.2) is 0 Å². The third-order valence-corrected chi connectivity index (χ3v) is 3.45. The molecule has 16 heavy (non-hydrogen) atoms. The van der Waals surface area contributed by atoms with Crippen LogP contribution in [-0.4, -0.2) is 48.6 Å². The number of rotatable bonds is 3. The molecule has 92 valence electrons. The Hall–Kier alpha value is -0.650. The molecule has 0 aliphatic carbocycles. The first-order valence-corrected chi connectivity index (χ1v) is 5.85. The fourth-order valence-corrected chi connectivity index (χ4v) is 2.14. The summed E-state index contributed by atoms with van der Waals surface area (Å²) in [5, 5.41) is 12.9. The van der Waals surface area contributed by atoms with Crippen molar-refractivity contribution in [3.63, 3.8) is 0 Å². The normalized spacial score (nSPS) is 38.9. The van der Waals surface area contributed by atoms with Crippen LogP contribution in [0.1, 0.15) is 26.2 Å². The Bertz CT molecular complexity index is 265. The van der Waals surface area contributed by atoms with Crippen molar-refractivity contribution in [3.05, 3.63) is 0 Å². The van der Waals surface area contributed by atoms with E-state index in [0.29, 0.717) is 19.6 Å². The summed E-state index contributed by atoms with van der Waals surface area (Å²) in [5.74, 6) is -0.120. The smallest absolute Gasteiger partial charge is 0.249 e. The van der Waals surface area contributed by atoms with Crippen molar-refractivity contribution in [1.82, 2.24) is 5.32 Å². The summed E-state index contributed by atoms with van der Waals surface area (Å²) in [6.45, 7) is 3.27. The second-order valence-corrected chi connectivity index (χ2v) is 4.59. The Morgan fingerprint density at radius 2 is 2.31 bits per heavy atom. The van der Waals surface area contributed by atoms with Crippen LogP contribution in [0.3, 0.4) is 0 Å². The average Bonchev–Trinajstić information content (AvgIpc) is 2.87.